The topological polar surface area (TPSA) is 62.5 Å². The molecule has 6 heteroatoms. The van der Waals surface area contributed by atoms with E-state index < -0.39 is 0 Å². The van der Waals surface area contributed by atoms with Gasteiger partial charge in [-0.05, 0) is 13.3 Å². The summed E-state index contributed by atoms with van der Waals surface area (Å²) >= 11 is 1.57. The third-order valence-corrected chi connectivity index (χ3v) is 4.44. The third kappa shape index (κ3) is 3.67. The van der Waals surface area contributed by atoms with Crippen LogP contribution in [0.3, 0.4) is 0 Å². The van der Waals surface area contributed by atoms with Gasteiger partial charge in [0.1, 0.15) is 0 Å². The fourth-order valence-corrected chi connectivity index (χ4v) is 3.20. The number of rotatable bonds is 4. The van der Waals surface area contributed by atoms with E-state index in [1.807, 2.05) is 18.7 Å². The SMILES string of the molecule is CCCC(=O)N1CCN(Cc2sc(N)nc2C)CC1. The fourth-order valence-electron chi connectivity index (χ4n) is 2.33. The van der Waals surface area contributed by atoms with Crippen molar-refractivity contribution < 1.29 is 4.79 Å². The highest BCUT2D eigenvalue weighted by molar-refractivity contribution is 7.15. The normalized spacial score (nSPS) is 16.8. The Morgan fingerprint density at radius 1 is 1.37 bits per heavy atom. The lowest BCUT2D eigenvalue weighted by molar-refractivity contribution is -0.133. The number of thiazole rings is 1. The summed E-state index contributed by atoms with van der Waals surface area (Å²) in [5.74, 6) is 0.292. The van der Waals surface area contributed by atoms with Crippen molar-refractivity contribution in [2.75, 3.05) is 31.9 Å². The van der Waals surface area contributed by atoms with Crippen LogP contribution in [0, 0.1) is 6.92 Å². The molecule has 0 atom stereocenters. The first kappa shape index (κ1) is 14.3. The summed E-state index contributed by atoms with van der Waals surface area (Å²) in [4.78, 5) is 21.6. The number of nitrogens with zero attached hydrogens (tertiary/aromatic N) is 3. The van der Waals surface area contributed by atoms with E-state index in [-0.39, 0.29) is 0 Å². The van der Waals surface area contributed by atoms with Gasteiger partial charge < -0.3 is 10.6 Å². The Balaban J connectivity index is 1.83. The molecule has 0 aliphatic carbocycles. The highest BCUT2D eigenvalue weighted by Gasteiger charge is 2.21. The average molecular weight is 282 g/mol. The molecule has 2 N–H and O–H groups in total. The summed E-state index contributed by atoms with van der Waals surface area (Å²) < 4.78 is 0. The number of hydrogen-bond donors (Lipinski definition) is 1. The van der Waals surface area contributed by atoms with Gasteiger partial charge in [0.15, 0.2) is 5.13 Å². The number of anilines is 1. The zero-order valence-corrected chi connectivity index (χ0v) is 12.5. The maximum Gasteiger partial charge on any atom is 0.222 e. The molecule has 1 aromatic heterocycles. The summed E-state index contributed by atoms with van der Waals surface area (Å²) in [6.45, 7) is 8.50. The van der Waals surface area contributed by atoms with Crippen LogP contribution in [0.15, 0.2) is 0 Å². The summed E-state index contributed by atoms with van der Waals surface area (Å²) in [7, 11) is 0. The monoisotopic (exact) mass is 282 g/mol. The minimum atomic E-state index is 0.292. The Labute approximate surface area is 118 Å². The van der Waals surface area contributed by atoms with Gasteiger partial charge in [-0.25, -0.2) is 4.98 Å². The predicted molar refractivity (Wildman–Crippen MR) is 78.0 cm³/mol. The van der Waals surface area contributed by atoms with Crippen LogP contribution < -0.4 is 5.73 Å². The van der Waals surface area contributed by atoms with Gasteiger partial charge in [0.25, 0.3) is 0 Å². The predicted octanol–water partition coefficient (Wildman–Crippen LogP) is 1.48. The molecule has 1 aliphatic rings. The van der Waals surface area contributed by atoms with Crippen LogP contribution in [0.5, 0.6) is 0 Å². The maximum absolute atomic E-state index is 11.8. The second-order valence-electron chi connectivity index (χ2n) is 4.97. The van der Waals surface area contributed by atoms with E-state index >= 15 is 0 Å². The molecule has 1 aromatic rings. The first-order valence-corrected chi connectivity index (χ1v) is 7.63. The summed E-state index contributed by atoms with van der Waals surface area (Å²) in [5.41, 5.74) is 6.75. The molecule has 106 valence electrons. The van der Waals surface area contributed by atoms with Crippen molar-refractivity contribution in [2.24, 2.45) is 0 Å². The molecule has 1 amide bonds. The highest BCUT2D eigenvalue weighted by atomic mass is 32.1. The molecule has 19 heavy (non-hydrogen) atoms. The van der Waals surface area contributed by atoms with Gasteiger partial charge in [-0.2, -0.15) is 0 Å². The Morgan fingerprint density at radius 3 is 2.58 bits per heavy atom. The van der Waals surface area contributed by atoms with Crippen molar-refractivity contribution in [1.82, 2.24) is 14.8 Å². The van der Waals surface area contributed by atoms with Crippen molar-refractivity contribution >= 4 is 22.4 Å². The number of piperazine rings is 1. The molecular formula is C13H22N4OS. The second kappa shape index (κ2) is 6.34. The van der Waals surface area contributed by atoms with Gasteiger partial charge in [0.05, 0.1) is 5.69 Å². The van der Waals surface area contributed by atoms with Gasteiger partial charge >= 0.3 is 0 Å². The Bertz CT molecular complexity index is 438. The summed E-state index contributed by atoms with van der Waals surface area (Å²) in [6.07, 6.45) is 1.60. The van der Waals surface area contributed by atoms with Crippen molar-refractivity contribution in [3.05, 3.63) is 10.6 Å². The lowest BCUT2D eigenvalue weighted by Gasteiger charge is -2.34. The molecule has 0 radical (unpaired) electrons. The number of carbonyl (C=O) groups is 1. The van der Waals surface area contributed by atoms with Crippen molar-refractivity contribution in [3.63, 3.8) is 0 Å². The minimum Gasteiger partial charge on any atom is -0.375 e. The van der Waals surface area contributed by atoms with Crippen LogP contribution in [-0.4, -0.2) is 46.9 Å². The number of aryl methyl sites for hydroxylation is 1. The van der Waals surface area contributed by atoms with E-state index in [4.69, 9.17) is 5.73 Å². The number of aromatic nitrogens is 1. The first-order valence-electron chi connectivity index (χ1n) is 6.82. The van der Waals surface area contributed by atoms with Crippen LogP contribution in [0.1, 0.15) is 30.3 Å². The fraction of sp³-hybridized carbons (Fsp3) is 0.692. The van der Waals surface area contributed by atoms with E-state index in [0.717, 1.165) is 44.8 Å². The van der Waals surface area contributed by atoms with E-state index in [1.54, 1.807) is 11.3 Å². The Hall–Kier alpha value is -1.14. The zero-order valence-electron chi connectivity index (χ0n) is 11.7. The van der Waals surface area contributed by atoms with Crippen molar-refractivity contribution in [3.8, 4) is 0 Å². The largest absolute Gasteiger partial charge is 0.375 e. The zero-order chi connectivity index (χ0) is 13.8. The van der Waals surface area contributed by atoms with E-state index in [0.29, 0.717) is 17.5 Å². The molecule has 0 spiro atoms. The summed E-state index contributed by atoms with van der Waals surface area (Å²) in [6, 6.07) is 0. The first-order chi connectivity index (χ1) is 9.10. The number of hydrogen-bond acceptors (Lipinski definition) is 5. The van der Waals surface area contributed by atoms with Gasteiger partial charge in [0, 0.05) is 44.0 Å². The van der Waals surface area contributed by atoms with Crippen molar-refractivity contribution in [2.45, 2.75) is 33.2 Å². The molecule has 0 saturated carbocycles. The van der Waals surface area contributed by atoms with E-state index in [2.05, 4.69) is 9.88 Å². The molecule has 0 bridgehead atoms. The van der Waals surface area contributed by atoms with E-state index in [1.165, 1.54) is 4.88 Å². The van der Waals surface area contributed by atoms with Gasteiger partial charge in [-0.15, -0.1) is 11.3 Å². The van der Waals surface area contributed by atoms with Gasteiger partial charge in [0.2, 0.25) is 5.91 Å². The summed E-state index contributed by atoms with van der Waals surface area (Å²) in [5, 5.41) is 0.643. The molecule has 1 fully saturated rings. The second-order valence-corrected chi connectivity index (χ2v) is 6.08. The van der Waals surface area contributed by atoms with Crippen LogP contribution >= 0.6 is 11.3 Å². The third-order valence-electron chi connectivity index (χ3n) is 3.47. The van der Waals surface area contributed by atoms with Crippen molar-refractivity contribution in [1.29, 1.82) is 0 Å². The van der Waals surface area contributed by atoms with Crippen LogP contribution in [0.4, 0.5) is 5.13 Å². The number of amides is 1. The molecule has 5 nitrogen and oxygen atoms in total. The maximum atomic E-state index is 11.8. The Morgan fingerprint density at radius 2 is 2.05 bits per heavy atom. The minimum absolute atomic E-state index is 0.292. The number of nitrogens with two attached hydrogens (primary N) is 1. The molecule has 1 saturated heterocycles. The van der Waals surface area contributed by atoms with Gasteiger partial charge in [-0.3, -0.25) is 9.69 Å². The molecule has 0 aromatic carbocycles. The van der Waals surface area contributed by atoms with Crippen LogP contribution in [-0.2, 0) is 11.3 Å². The smallest absolute Gasteiger partial charge is 0.222 e. The lowest BCUT2D eigenvalue weighted by Crippen LogP contribution is -2.48. The van der Waals surface area contributed by atoms with Crippen LogP contribution in [0.25, 0.3) is 0 Å². The molecule has 2 heterocycles. The number of nitrogen functional groups attached to an aromatic ring is 1. The van der Waals surface area contributed by atoms with Gasteiger partial charge in [-0.1, -0.05) is 6.92 Å². The Kier molecular flexibility index (Phi) is 4.76. The molecule has 0 unspecified atom stereocenters. The number of carbonyl (C=O) groups excluding carboxylic acids is 1. The quantitative estimate of drug-likeness (QED) is 0.908. The van der Waals surface area contributed by atoms with Crippen LogP contribution in [0.2, 0.25) is 0 Å². The standard InChI is InChI=1S/C13H22N4OS/c1-3-4-12(18)17-7-5-16(6-8-17)9-11-10(2)15-13(14)19-11/h3-9H2,1-2H3,(H2,14,15). The average Bonchev–Trinajstić information content (AvgIpc) is 2.69. The highest BCUT2D eigenvalue weighted by Crippen LogP contribution is 2.22. The van der Waals surface area contributed by atoms with E-state index in [9.17, 15) is 4.79 Å². The lowest BCUT2D eigenvalue weighted by atomic mass is 10.2. The molecule has 2 rings (SSSR count). The molecule has 1 aliphatic heterocycles. The molecular weight excluding hydrogens is 260 g/mol.